The Morgan fingerprint density at radius 2 is 2.64 bits per heavy atom. The summed E-state index contributed by atoms with van der Waals surface area (Å²) in [5.41, 5.74) is 0. The quantitative estimate of drug-likeness (QED) is 0.772. The molecule has 2 rings (SSSR count). The van der Waals surface area contributed by atoms with Gasteiger partial charge in [-0.25, -0.2) is 4.68 Å². The second-order valence-electron chi connectivity index (χ2n) is 3.55. The maximum absolute atomic E-state index is 5.31. The van der Waals surface area contributed by atoms with Crippen molar-refractivity contribution in [3.63, 3.8) is 0 Å². The fourth-order valence-electron chi connectivity index (χ4n) is 1.62. The van der Waals surface area contributed by atoms with Crippen molar-refractivity contribution in [1.82, 2.24) is 15.0 Å². The molecule has 0 aliphatic carbocycles. The van der Waals surface area contributed by atoms with Crippen LogP contribution in [-0.2, 0) is 11.3 Å². The zero-order valence-corrected chi connectivity index (χ0v) is 8.44. The van der Waals surface area contributed by atoms with Crippen molar-refractivity contribution in [3.05, 3.63) is 6.20 Å². The molecule has 1 aromatic rings. The van der Waals surface area contributed by atoms with Crippen molar-refractivity contribution in [3.8, 4) is 0 Å². The Kier molecular flexibility index (Phi) is 2.98. The summed E-state index contributed by atoms with van der Waals surface area (Å²) in [6, 6.07) is 0. The molecule has 1 aromatic heterocycles. The second-order valence-corrected chi connectivity index (χ2v) is 3.55. The topological polar surface area (TPSA) is 52.0 Å². The number of hydrogen-bond acceptors (Lipinski definition) is 4. The first-order valence-corrected chi connectivity index (χ1v) is 5.10. The van der Waals surface area contributed by atoms with Crippen molar-refractivity contribution in [2.75, 3.05) is 25.1 Å². The van der Waals surface area contributed by atoms with Crippen molar-refractivity contribution in [1.29, 1.82) is 0 Å². The monoisotopic (exact) mass is 196 g/mol. The van der Waals surface area contributed by atoms with E-state index in [0.717, 1.165) is 38.5 Å². The summed E-state index contributed by atoms with van der Waals surface area (Å²) in [5, 5.41) is 11.2. The van der Waals surface area contributed by atoms with Gasteiger partial charge in [0.25, 0.3) is 0 Å². The highest BCUT2D eigenvalue weighted by molar-refractivity contribution is 5.30. The average molecular weight is 196 g/mol. The van der Waals surface area contributed by atoms with E-state index in [9.17, 15) is 0 Å². The molecule has 0 radical (unpaired) electrons. The molecule has 1 aliphatic rings. The van der Waals surface area contributed by atoms with Crippen molar-refractivity contribution < 1.29 is 4.74 Å². The molecule has 5 nitrogen and oxygen atoms in total. The molecule has 2 heterocycles. The lowest BCUT2D eigenvalue weighted by molar-refractivity contribution is 0.187. The van der Waals surface area contributed by atoms with Gasteiger partial charge in [-0.3, -0.25) is 0 Å². The van der Waals surface area contributed by atoms with Crippen molar-refractivity contribution in [2.45, 2.75) is 19.9 Å². The van der Waals surface area contributed by atoms with Gasteiger partial charge in [-0.2, -0.15) is 0 Å². The Labute approximate surface area is 83.4 Å². The number of aryl methyl sites for hydroxylation is 1. The maximum Gasteiger partial charge on any atom is 0.144 e. The number of rotatable bonds is 4. The van der Waals surface area contributed by atoms with E-state index in [0.29, 0.717) is 5.92 Å². The average Bonchev–Trinajstić information content (AvgIpc) is 2.85. The summed E-state index contributed by atoms with van der Waals surface area (Å²) < 4.78 is 7.16. The molecule has 1 fully saturated rings. The molecule has 78 valence electrons. The summed E-state index contributed by atoms with van der Waals surface area (Å²) in [5.74, 6) is 1.63. The molecule has 1 saturated heterocycles. The minimum Gasteiger partial charge on any atom is -0.381 e. The molecule has 1 aliphatic heterocycles. The highest BCUT2D eigenvalue weighted by atomic mass is 16.5. The third kappa shape index (κ3) is 2.04. The van der Waals surface area contributed by atoms with Gasteiger partial charge in [0.05, 0.1) is 12.8 Å². The fraction of sp³-hybridized carbons (Fsp3) is 0.778. The first-order chi connectivity index (χ1) is 6.90. The normalized spacial score (nSPS) is 21.4. The predicted molar refractivity (Wildman–Crippen MR) is 53.1 cm³/mol. The van der Waals surface area contributed by atoms with E-state index in [2.05, 4.69) is 22.6 Å². The predicted octanol–water partition coefficient (Wildman–Crippen LogP) is 0.746. The highest BCUT2D eigenvalue weighted by Crippen LogP contribution is 2.13. The van der Waals surface area contributed by atoms with Gasteiger partial charge in [0.15, 0.2) is 0 Å². The Morgan fingerprint density at radius 1 is 1.71 bits per heavy atom. The molecule has 0 saturated carbocycles. The van der Waals surface area contributed by atoms with E-state index >= 15 is 0 Å². The molecule has 5 heteroatoms. The smallest absolute Gasteiger partial charge is 0.144 e. The van der Waals surface area contributed by atoms with Gasteiger partial charge in [0, 0.05) is 25.6 Å². The van der Waals surface area contributed by atoms with Crippen LogP contribution in [0.25, 0.3) is 0 Å². The maximum atomic E-state index is 5.31. The Bertz CT molecular complexity index is 280. The molecule has 0 bridgehead atoms. The standard InChI is InChI=1S/C9H16N4O/c1-2-13-9(6-11-12-13)10-5-8-3-4-14-7-8/h6,8,10H,2-5,7H2,1H3. The lowest BCUT2D eigenvalue weighted by atomic mass is 10.1. The summed E-state index contributed by atoms with van der Waals surface area (Å²) in [6.45, 7) is 5.63. The van der Waals surface area contributed by atoms with Gasteiger partial charge < -0.3 is 10.1 Å². The van der Waals surface area contributed by atoms with E-state index < -0.39 is 0 Å². The molecule has 0 spiro atoms. The third-order valence-electron chi connectivity index (χ3n) is 2.51. The Balaban J connectivity index is 1.84. The van der Waals surface area contributed by atoms with Crippen LogP contribution < -0.4 is 5.32 Å². The molecular formula is C9H16N4O. The van der Waals surface area contributed by atoms with Crippen LogP contribution in [0.4, 0.5) is 5.82 Å². The van der Waals surface area contributed by atoms with Gasteiger partial charge in [-0.05, 0) is 13.3 Å². The van der Waals surface area contributed by atoms with Crippen LogP contribution in [-0.4, -0.2) is 34.8 Å². The van der Waals surface area contributed by atoms with Crippen LogP contribution in [0.1, 0.15) is 13.3 Å². The van der Waals surface area contributed by atoms with E-state index in [1.165, 1.54) is 0 Å². The highest BCUT2D eigenvalue weighted by Gasteiger charge is 2.15. The van der Waals surface area contributed by atoms with E-state index in [1.54, 1.807) is 6.20 Å². The van der Waals surface area contributed by atoms with Gasteiger partial charge in [0.2, 0.25) is 0 Å². The molecule has 1 N–H and O–H groups in total. The molecular weight excluding hydrogens is 180 g/mol. The van der Waals surface area contributed by atoms with E-state index in [4.69, 9.17) is 4.74 Å². The largest absolute Gasteiger partial charge is 0.381 e. The number of nitrogens with zero attached hydrogens (tertiary/aromatic N) is 3. The van der Waals surface area contributed by atoms with Crippen LogP contribution >= 0.6 is 0 Å². The van der Waals surface area contributed by atoms with Gasteiger partial charge in [-0.1, -0.05) is 5.21 Å². The minimum atomic E-state index is 0.634. The van der Waals surface area contributed by atoms with Crippen molar-refractivity contribution in [2.24, 2.45) is 5.92 Å². The zero-order chi connectivity index (χ0) is 9.80. The molecule has 14 heavy (non-hydrogen) atoms. The zero-order valence-electron chi connectivity index (χ0n) is 8.44. The first kappa shape index (κ1) is 9.45. The molecule has 1 unspecified atom stereocenters. The lowest BCUT2D eigenvalue weighted by Gasteiger charge is -2.10. The fourth-order valence-corrected chi connectivity index (χ4v) is 1.62. The van der Waals surface area contributed by atoms with E-state index in [-0.39, 0.29) is 0 Å². The second kappa shape index (κ2) is 4.41. The first-order valence-electron chi connectivity index (χ1n) is 5.10. The number of hydrogen-bond donors (Lipinski definition) is 1. The SMILES string of the molecule is CCn1nncc1NCC1CCOC1. The minimum absolute atomic E-state index is 0.634. The van der Waals surface area contributed by atoms with Gasteiger partial charge in [-0.15, -0.1) is 5.10 Å². The van der Waals surface area contributed by atoms with E-state index in [1.807, 2.05) is 4.68 Å². The third-order valence-corrected chi connectivity index (χ3v) is 2.51. The number of anilines is 1. The summed E-state index contributed by atoms with van der Waals surface area (Å²) >= 11 is 0. The van der Waals surface area contributed by atoms with Gasteiger partial charge in [0.1, 0.15) is 5.82 Å². The van der Waals surface area contributed by atoms with Crippen LogP contribution in [0.15, 0.2) is 6.20 Å². The Hall–Kier alpha value is -1.10. The summed E-state index contributed by atoms with van der Waals surface area (Å²) in [6.07, 6.45) is 2.92. The van der Waals surface area contributed by atoms with Crippen LogP contribution in [0, 0.1) is 5.92 Å². The number of aromatic nitrogens is 3. The molecule has 1 atom stereocenters. The Morgan fingerprint density at radius 3 is 3.36 bits per heavy atom. The molecule has 0 aromatic carbocycles. The van der Waals surface area contributed by atoms with Crippen molar-refractivity contribution >= 4 is 5.82 Å². The molecule has 0 amide bonds. The number of ether oxygens (including phenoxy) is 1. The van der Waals surface area contributed by atoms with Crippen LogP contribution in [0.5, 0.6) is 0 Å². The lowest BCUT2D eigenvalue weighted by Crippen LogP contribution is -2.16. The summed E-state index contributed by atoms with van der Waals surface area (Å²) in [4.78, 5) is 0. The van der Waals surface area contributed by atoms with Crippen LogP contribution in [0.2, 0.25) is 0 Å². The summed E-state index contributed by atoms with van der Waals surface area (Å²) in [7, 11) is 0. The van der Waals surface area contributed by atoms with Gasteiger partial charge >= 0.3 is 0 Å². The number of nitrogens with one attached hydrogen (secondary N) is 1. The van der Waals surface area contributed by atoms with Crippen LogP contribution in [0.3, 0.4) is 0 Å².